The van der Waals surface area contributed by atoms with Crippen molar-refractivity contribution < 1.29 is 5.11 Å². The van der Waals surface area contributed by atoms with Gasteiger partial charge in [-0.15, -0.1) is 0 Å². The van der Waals surface area contributed by atoms with E-state index in [1.165, 1.54) is 6.42 Å². The fraction of sp³-hybridized carbons (Fsp3) is 0.500. The lowest BCUT2D eigenvalue weighted by Crippen LogP contribution is -2.36. The number of aliphatic hydroxyl groups is 1. The van der Waals surface area contributed by atoms with E-state index in [-0.39, 0.29) is 12.1 Å². The van der Waals surface area contributed by atoms with Crippen molar-refractivity contribution >= 4 is 33.2 Å². The Morgan fingerprint density at radius 2 is 2.06 bits per heavy atom. The Kier molecular flexibility index (Phi) is 4.11. The molecular weight excluding hydrogens is 289 g/mol. The van der Waals surface area contributed by atoms with Crippen molar-refractivity contribution in [2.24, 2.45) is 0 Å². The Morgan fingerprint density at radius 1 is 1.31 bits per heavy atom. The quantitative estimate of drug-likeness (QED) is 0.870. The molecule has 2 nitrogen and oxygen atoms in total. The molecule has 0 heterocycles. The molecule has 0 amide bonds. The molecule has 0 radical (unpaired) electrons. The van der Waals surface area contributed by atoms with Gasteiger partial charge in [-0.05, 0) is 47.0 Å². The summed E-state index contributed by atoms with van der Waals surface area (Å²) in [6.45, 7) is 0. The highest BCUT2D eigenvalue weighted by Crippen LogP contribution is 2.29. The molecule has 2 N–H and O–H groups in total. The zero-order valence-electron chi connectivity index (χ0n) is 8.92. The number of rotatable bonds is 2. The van der Waals surface area contributed by atoms with E-state index in [0.29, 0.717) is 5.02 Å². The molecule has 1 aliphatic rings. The van der Waals surface area contributed by atoms with Gasteiger partial charge < -0.3 is 10.4 Å². The van der Waals surface area contributed by atoms with E-state index in [2.05, 4.69) is 21.2 Å². The summed E-state index contributed by atoms with van der Waals surface area (Å²) in [6, 6.07) is 5.78. The molecule has 88 valence electrons. The maximum absolute atomic E-state index is 9.88. The Balaban J connectivity index is 2.10. The molecule has 0 unspecified atom stereocenters. The van der Waals surface area contributed by atoms with E-state index < -0.39 is 0 Å². The van der Waals surface area contributed by atoms with E-state index >= 15 is 0 Å². The van der Waals surface area contributed by atoms with Gasteiger partial charge in [0.2, 0.25) is 0 Å². The molecule has 1 fully saturated rings. The molecular formula is C12H15BrClNO. The second kappa shape index (κ2) is 5.39. The normalized spacial score (nSPS) is 25.4. The van der Waals surface area contributed by atoms with Gasteiger partial charge in [-0.3, -0.25) is 0 Å². The van der Waals surface area contributed by atoms with Crippen molar-refractivity contribution in [1.82, 2.24) is 0 Å². The van der Waals surface area contributed by atoms with E-state index in [9.17, 15) is 5.11 Å². The van der Waals surface area contributed by atoms with Gasteiger partial charge in [0.25, 0.3) is 0 Å². The molecule has 1 aromatic carbocycles. The van der Waals surface area contributed by atoms with Crippen LogP contribution in [0.5, 0.6) is 0 Å². The number of hydrogen-bond donors (Lipinski definition) is 2. The number of nitrogens with one attached hydrogen (secondary N) is 1. The molecule has 0 aliphatic heterocycles. The molecule has 16 heavy (non-hydrogen) atoms. The minimum absolute atomic E-state index is 0.142. The molecule has 1 saturated carbocycles. The van der Waals surface area contributed by atoms with Gasteiger partial charge in [-0.2, -0.15) is 0 Å². The van der Waals surface area contributed by atoms with Crippen LogP contribution in [0, 0.1) is 0 Å². The number of hydrogen-bond acceptors (Lipinski definition) is 2. The van der Waals surface area contributed by atoms with Crippen LogP contribution in [-0.2, 0) is 0 Å². The monoisotopic (exact) mass is 303 g/mol. The lowest BCUT2D eigenvalue weighted by Gasteiger charge is -2.29. The summed E-state index contributed by atoms with van der Waals surface area (Å²) in [7, 11) is 0. The van der Waals surface area contributed by atoms with Crippen LogP contribution in [0.25, 0.3) is 0 Å². The first-order chi connectivity index (χ1) is 7.66. The number of aliphatic hydroxyl groups excluding tert-OH is 1. The molecule has 0 bridgehead atoms. The lowest BCUT2D eigenvalue weighted by molar-refractivity contribution is 0.116. The largest absolute Gasteiger partial charge is 0.391 e. The van der Waals surface area contributed by atoms with E-state index in [1.54, 1.807) is 0 Å². The molecule has 0 saturated heterocycles. The van der Waals surface area contributed by atoms with Crippen molar-refractivity contribution in [3.8, 4) is 0 Å². The molecule has 1 aliphatic carbocycles. The van der Waals surface area contributed by atoms with Crippen LogP contribution in [0.4, 0.5) is 5.69 Å². The van der Waals surface area contributed by atoms with Crippen molar-refractivity contribution in [2.75, 3.05) is 5.32 Å². The fourth-order valence-electron chi connectivity index (χ4n) is 2.09. The third-order valence-corrected chi connectivity index (χ3v) is 3.93. The second-order valence-corrected chi connectivity index (χ2v) is 5.52. The SMILES string of the molecule is O[C@H]1CCCC[C@@H]1Nc1cc(Cl)ccc1Br. The number of anilines is 1. The fourth-order valence-corrected chi connectivity index (χ4v) is 2.62. The minimum atomic E-state index is -0.250. The van der Waals surface area contributed by atoms with Crippen LogP contribution in [0.15, 0.2) is 22.7 Å². The Hall–Kier alpha value is -0.250. The maximum atomic E-state index is 9.88. The third-order valence-electron chi connectivity index (χ3n) is 3.00. The lowest BCUT2D eigenvalue weighted by atomic mass is 9.92. The highest BCUT2D eigenvalue weighted by molar-refractivity contribution is 9.10. The van der Waals surface area contributed by atoms with Gasteiger partial charge in [0, 0.05) is 9.50 Å². The summed E-state index contributed by atoms with van der Waals surface area (Å²) in [5, 5.41) is 13.9. The van der Waals surface area contributed by atoms with E-state index in [4.69, 9.17) is 11.6 Å². The molecule has 0 aromatic heterocycles. The van der Waals surface area contributed by atoms with Crippen LogP contribution < -0.4 is 5.32 Å². The van der Waals surface area contributed by atoms with Gasteiger partial charge in [-0.1, -0.05) is 24.4 Å². The summed E-state index contributed by atoms with van der Waals surface area (Å²) in [6.07, 6.45) is 3.94. The van der Waals surface area contributed by atoms with Crippen LogP contribution >= 0.6 is 27.5 Å². The summed E-state index contributed by atoms with van der Waals surface area (Å²) in [5.41, 5.74) is 0.957. The second-order valence-electron chi connectivity index (χ2n) is 4.23. The molecule has 2 rings (SSSR count). The molecule has 0 spiro atoms. The Bertz CT molecular complexity index is 372. The van der Waals surface area contributed by atoms with Gasteiger partial charge in [0.1, 0.15) is 0 Å². The Labute approximate surface area is 109 Å². The summed E-state index contributed by atoms with van der Waals surface area (Å²) in [5.74, 6) is 0. The van der Waals surface area contributed by atoms with E-state index in [0.717, 1.165) is 29.4 Å². The highest BCUT2D eigenvalue weighted by atomic mass is 79.9. The first-order valence-electron chi connectivity index (χ1n) is 5.56. The smallest absolute Gasteiger partial charge is 0.0741 e. The summed E-state index contributed by atoms with van der Waals surface area (Å²) < 4.78 is 0.981. The van der Waals surface area contributed by atoms with Gasteiger partial charge in [0.05, 0.1) is 17.8 Å². The summed E-state index contributed by atoms with van der Waals surface area (Å²) in [4.78, 5) is 0. The standard InChI is InChI=1S/C12H15BrClNO/c13-9-6-5-8(14)7-11(9)15-10-3-1-2-4-12(10)16/h5-7,10,12,15-16H,1-4H2/t10-,12-/m0/s1. The molecule has 2 atom stereocenters. The zero-order chi connectivity index (χ0) is 11.5. The van der Waals surface area contributed by atoms with E-state index in [1.807, 2.05) is 18.2 Å². The van der Waals surface area contributed by atoms with Gasteiger partial charge >= 0.3 is 0 Å². The first-order valence-corrected chi connectivity index (χ1v) is 6.73. The van der Waals surface area contributed by atoms with Crippen molar-refractivity contribution in [3.05, 3.63) is 27.7 Å². The predicted molar refractivity (Wildman–Crippen MR) is 71.0 cm³/mol. The van der Waals surface area contributed by atoms with Crippen molar-refractivity contribution in [2.45, 2.75) is 37.8 Å². The van der Waals surface area contributed by atoms with Crippen molar-refractivity contribution in [3.63, 3.8) is 0 Å². The summed E-state index contributed by atoms with van der Waals surface area (Å²) >= 11 is 9.42. The third kappa shape index (κ3) is 2.90. The predicted octanol–water partition coefficient (Wildman–Crippen LogP) is 3.82. The Morgan fingerprint density at radius 3 is 2.81 bits per heavy atom. The number of halogens is 2. The number of benzene rings is 1. The van der Waals surface area contributed by atoms with Crippen molar-refractivity contribution in [1.29, 1.82) is 0 Å². The average molecular weight is 305 g/mol. The van der Waals surface area contributed by atoms with Crippen LogP contribution in [0.3, 0.4) is 0 Å². The maximum Gasteiger partial charge on any atom is 0.0741 e. The van der Waals surface area contributed by atoms with Crippen LogP contribution in [-0.4, -0.2) is 17.3 Å². The molecule has 1 aromatic rings. The topological polar surface area (TPSA) is 32.3 Å². The van der Waals surface area contributed by atoms with Crippen LogP contribution in [0.1, 0.15) is 25.7 Å². The van der Waals surface area contributed by atoms with Gasteiger partial charge in [-0.25, -0.2) is 0 Å². The van der Waals surface area contributed by atoms with Gasteiger partial charge in [0.15, 0.2) is 0 Å². The molecule has 4 heteroatoms. The zero-order valence-corrected chi connectivity index (χ0v) is 11.3. The average Bonchev–Trinajstić information content (AvgIpc) is 2.27. The highest BCUT2D eigenvalue weighted by Gasteiger charge is 2.23. The minimum Gasteiger partial charge on any atom is -0.391 e. The van der Waals surface area contributed by atoms with Crippen LogP contribution in [0.2, 0.25) is 5.02 Å². The first kappa shape index (κ1) is 12.2.